The summed E-state index contributed by atoms with van der Waals surface area (Å²) in [6.45, 7) is 5.17. The van der Waals surface area contributed by atoms with Crippen LogP contribution in [0.15, 0.2) is 114 Å². The van der Waals surface area contributed by atoms with Crippen LogP contribution in [0.25, 0.3) is 0 Å². The number of rotatable bonds is 13. The van der Waals surface area contributed by atoms with E-state index < -0.39 is 34.3 Å². The molecule has 230 valence electrons. The summed E-state index contributed by atoms with van der Waals surface area (Å²) in [5, 5.41) is 3.02. The molecule has 9 heteroatoms. The Kier molecular flexibility index (Phi) is 10.9. The Labute approximate surface area is 259 Å². The third-order valence-corrected chi connectivity index (χ3v) is 9.26. The number of hydrogen-bond donors (Lipinski definition) is 1. The number of halogens is 1. The minimum Gasteiger partial charge on any atom is -0.352 e. The van der Waals surface area contributed by atoms with Gasteiger partial charge in [0.2, 0.25) is 11.8 Å². The Morgan fingerprint density at radius 2 is 1.39 bits per heavy atom. The van der Waals surface area contributed by atoms with Crippen LogP contribution in [0.2, 0.25) is 0 Å². The van der Waals surface area contributed by atoms with Crippen molar-refractivity contribution in [3.05, 3.63) is 132 Å². The Morgan fingerprint density at radius 1 is 0.818 bits per heavy atom. The van der Waals surface area contributed by atoms with Gasteiger partial charge in [-0.1, -0.05) is 85.3 Å². The van der Waals surface area contributed by atoms with Crippen molar-refractivity contribution in [3.63, 3.8) is 0 Å². The maximum Gasteiger partial charge on any atom is 0.264 e. The van der Waals surface area contributed by atoms with E-state index in [1.54, 1.807) is 12.1 Å². The molecule has 0 aromatic heterocycles. The van der Waals surface area contributed by atoms with Gasteiger partial charge >= 0.3 is 0 Å². The molecule has 4 rings (SSSR count). The smallest absolute Gasteiger partial charge is 0.264 e. The molecule has 7 nitrogen and oxygen atoms in total. The lowest BCUT2D eigenvalue weighted by molar-refractivity contribution is -0.140. The van der Waals surface area contributed by atoms with E-state index >= 15 is 0 Å². The molecule has 0 spiro atoms. The van der Waals surface area contributed by atoms with Crippen LogP contribution >= 0.6 is 0 Å². The summed E-state index contributed by atoms with van der Waals surface area (Å²) in [6.07, 6.45) is 0.923. The quantitative estimate of drug-likeness (QED) is 0.203. The van der Waals surface area contributed by atoms with E-state index in [9.17, 15) is 22.4 Å². The number of carbonyl (C=O) groups is 2. The number of nitrogens with one attached hydrogen (secondary N) is 1. The summed E-state index contributed by atoms with van der Waals surface area (Å²) in [7, 11) is -4.25. The van der Waals surface area contributed by atoms with Crippen molar-refractivity contribution in [2.24, 2.45) is 0 Å². The van der Waals surface area contributed by atoms with E-state index in [4.69, 9.17) is 0 Å². The molecular formula is C35H38FN3O4S. The molecule has 0 heterocycles. The predicted molar refractivity (Wildman–Crippen MR) is 171 cm³/mol. The van der Waals surface area contributed by atoms with Crippen LogP contribution in [-0.2, 0) is 32.6 Å². The number of amides is 2. The van der Waals surface area contributed by atoms with E-state index in [-0.39, 0.29) is 35.5 Å². The molecule has 4 aromatic carbocycles. The van der Waals surface area contributed by atoms with Gasteiger partial charge in [0.05, 0.1) is 10.6 Å². The largest absolute Gasteiger partial charge is 0.352 e. The van der Waals surface area contributed by atoms with Crippen molar-refractivity contribution >= 4 is 27.5 Å². The molecule has 0 fully saturated rings. The Morgan fingerprint density at radius 3 is 1.95 bits per heavy atom. The zero-order valence-corrected chi connectivity index (χ0v) is 26.0. The fraction of sp³-hybridized carbons (Fsp3) is 0.257. The topological polar surface area (TPSA) is 86.8 Å². The molecule has 0 saturated carbocycles. The van der Waals surface area contributed by atoms with E-state index in [1.807, 2.05) is 81.4 Å². The molecule has 0 aliphatic heterocycles. The third kappa shape index (κ3) is 8.32. The summed E-state index contributed by atoms with van der Waals surface area (Å²) < 4.78 is 42.9. The summed E-state index contributed by atoms with van der Waals surface area (Å²) in [6, 6.07) is 28.8. The lowest BCUT2D eigenvalue weighted by Gasteiger charge is -2.34. The van der Waals surface area contributed by atoms with Crippen molar-refractivity contribution in [2.45, 2.75) is 57.1 Å². The van der Waals surface area contributed by atoms with Crippen LogP contribution in [0.1, 0.15) is 37.0 Å². The standard InChI is InChI=1S/C35H38FN3O4S/c1-4-27(3)37-35(41)33(23-28-11-7-5-8-12-28)38(24-29-13-9-6-10-14-29)34(40)25-39(31-19-17-30(36)18-20-31)44(42,43)32-21-15-26(2)16-22-32/h5-22,27,33H,4,23-25H2,1-3H3,(H,37,41)/t27-,33-/m1/s1. The molecule has 0 aliphatic carbocycles. The lowest BCUT2D eigenvalue weighted by Crippen LogP contribution is -2.54. The number of sulfonamides is 1. The van der Waals surface area contributed by atoms with Gasteiger partial charge in [-0.2, -0.15) is 0 Å². The lowest BCUT2D eigenvalue weighted by atomic mass is 10.0. The van der Waals surface area contributed by atoms with Crippen molar-refractivity contribution < 1.29 is 22.4 Å². The first-order valence-electron chi connectivity index (χ1n) is 14.6. The molecule has 0 bridgehead atoms. The highest BCUT2D eigenvalue weighted by Crippen LogP contribution is 2.26. The van der Waals surface area contributed by atoms with Gasteiger partial charge in [0, 0.05) is 19.0 Å². The second-order valence-electron chi connectivity index (χ2n) is 10.8. The first kappa shape index (κ1) is 32.4. The van der Waals surface area contributed by atoms with Gasteiger partial charge in [-0.3, -0.25) is 13.9 Å². The van der Waals surface area contributed by atoms with Crippen molar-refractivity contribution in [2.75, 3.05) is 10.8 Å². The van der Waals surface area contributed by atoms with Gasteiger partial charge in [0.25, 0.3) is 10.0 Å². The summed E-state index contributed by atoms with van der Waals surface area (Å²) in [4.78, 5) is 29.6. The first-order chi connectivity index (χ1) is 21.1. The molecule has 0 saturated heterocycles. The third-order valence-electron chi connectivity index (χ3n) is 7.47. The van der Waals surface area contributed by atoms with Gasteiger partial charge in [-0.15, -0.1) is 0 Å². The molecule has 2 atom stereocenters. The monoisotopic (exact) mass is 615 g/mol. The van der Waals surface area contributed by atoms with E-state index in [0.717, 1.165) is 33.1 Å². The highest BCUT2D eigenvalue weighted by molar-refractivity contribution is 7.92. The van der Waals surface area contributed by atoms with Crippen LogP contribution < -0.4 is 9.62 Å². The predicted octanol–water partition coefficient (Wildman–Crippen LogP) is 5.88. The highest BCUT2D eigenvalue weighted by Gasteiger charge is 2.35. The molecular weight excluding hydrogens is 577 g/mol. The van der Waals surface area contributed by atoms with Gasteiger partial charge in [-0.05, 0) is 67.8 Å². The Bertz CT molecular complexity index is 1630. The van der Waals surface area contributed by atoms with E-state index in [2.05, 4.69) is 5.32 Å². The second-order valence-corrected chi connectivity index (χ2v) is 12.7. The van der Waals surface area contributed by atoms with Gasteiger partial charge in [-0.25, -0.2) is 12.8 Å². The minimum absolute atomic E-state index is 0.00909. The number of carbonyl (C=O) groups excluding carboxylic acids is 2. The van der Waals surface area contributed by atoms with E-state index in [0.29, 0.717) is 6.42 Å². The van der Waals surface area contributed by atoms with Gasteiger partial charge < -0.3 is 10.2 Å². The maximum atomic E-state index is 14.4. The van der Waals surface area contributed by atoms with Crippen LogP contribution in [-0.4, -0.2) is 43.8 Å². The average Bonchev–Trinajstić information content (AvgIpc) is 3.03. The fourth-order valence-electron chi connectivity index (χ4n) is 4.75. The number of hydrogen-bond acceptors (Lipinski definition) is 4. The Hall–Kier alpha value is -4.50. The number of aryl methyl sites for hydroxylation is 1. The normalized spacial score (nSPS) is 12.6. The van der Waals surface area contributed by atoms with E-state index in [1.165, 1.54) is 29.2 Å². The second kappa shape index (κ2) is 14.8. The highest BCUT2D eigenvalue weighted by atomic mass is 32.2. The van der Waals surface area contributed by atoms with Crippen LogP contribution in [0, 0.1) is 12.7 Å². The molecule has 1 N–H and O–H groups in total. The van der Waals surface area contributed by atoms with Crippen LogP contribution in [0.5, 0.6) is 0 Å². The van der Waals surface area contributed by atoms with Crippen molar-refractivity contribution in [1.29, 1.82) is 0 Å². The van der Waals surface area contributed by atoms with Crippen molar-refractivity contribution in [1.82, 2.24) is 10.2 Å². The zero-order valence-electron chi connectivity index (χ0n) is 25.2. The summed E-state index contributed by atoms with van der Waals surface area (Å²) in [5.41, 5.74) is 2.64. The molecule has 4 aromatic rings. The molecule has 0 unspecified atom stereocenters. The van der Waals surface area contributed by atoms with Gasteiger partial charge in [0.15, 0.2) is 0 Å². The average molecular weight is 616 g/mol. The summed E-state index contributed by atoms with van der Waals surface area (Å²) in [5.74, 6) is -1.44. The number of nitrogens with zero attached hydrogens (tertiary/aromatic N) is 2. The van der Waals surface area contributed by atoms with Crippen LogP contribution in [0.3, 0.4) is 0 Å². The van der Waals surface area contributed by atoms with Crippen LogP contribution in [0.4, 0.5) is 10.1 Å². The van der Waals surface area contributed by atoms with Gasteiger partial charge in [0.1, 0.15) is 18.4 Å². The Balaban J connectivity index is 1.79. The number of anilines is 1. The minimum atomic E-state index is -4.25. The molecule has 0 radical (unpaired) electrons. The number of benzene rings is 4. The molecule has 2 amide bonds. The first-order valence-corrected chi connectivity index (χ1v) is 16.0. The molecule has 0 aliphatic rings. The maximum absolute atomic E-state index is 14.4. The van der Waals surface area contributed by atoms with Crippen molar-refractivity contribution in [3.8, 4) is 0 Å². The SMILES string of the molecule is CC[C@@H](C)NC(=O)[C@@H](Cc1ccccc1)N(Cc1ccccc1)C(=O)CN(c1ccc(F)cc1)S(=O)(=O)c1ccc(C)cc1. The zero-order chi connectivity index (χ0) is 31.7. The summed E-state index contributed by atoms with van der Waals surface area (Å²) >= 11 is 0. The fourth-order valence-corrected chi connectivity index (χ4v) is 6.16. The molecule has 44 heavy (non-hydrogen) atoms.